The van der Waals surface area contributed by atoms with E-state index in [1.165, 1.54) is 83.5 Å². The number of hydrogen-bond acceptors (Lipinski definition) is 7. The minimum Gasteiger partial charge on any atom is -0.756 e. The van der Waals surface area contributed by atoms with Crippen molar-refractivity contribution in [2.75, 3.05) is 54.1 Å². The number of carbonyl (C=O) groups is 1. The zero-order valence-electron chi connectivity index (χ0n) is 40.1. The number of quaternary nitrogens is 1. The fourth-order valence-corrected chi connectivity index (χ4v) is 7.19. The van der Waals surface area contributed by atoms with Crippen LogP contribution in [0.5, 0.6) is 0 Å². The molecule has 354 valence electrons. The number of likely N-dealkylation sites (N-methyl/N-ethyl adjacent to an activating group) is 1. The lowest BCUT2D eigenvalue weighted by Crippen LogP contribution is -2.37. The molecule has 0 N–H and O–H groups in total. The summed E-state index contributed by atoms with van der Waals surface area (Å²) in [4.78, 5) is 25.1. The smallest absolute Gasteiger partial charge is 0.306 e. The minimum atomic E-state index is -4.53. The summed E-state index contributed by atoms with van der Waals surface area (Å²) in [5.41, 5.74) is 0. The molecule has 0 aromatic rings. The Balaban J connectivity index is 4.09. The maximum absolute atomic E-state index is 12.7. The first-order valence-corrected chi connectivity index (χ1v) is 26.1. The van der Waals surface area contributed by atoms with Gasteiger partial charge in [0.2, 0.25) is 0 Å². The van der Waals surface area contributed by atoms with Crippen LogP contribution in [0.15, 0.2) is 72.9 Å². The number of allylic oxidation sites excluding steroid dienone is 12. The molecular formula is C52H94NO7P. The van der Waals surface area contributed by atoms with Crippen LogP contribution in [-0.2, 0) is 27.9 Å². The summed E-state index contributed by atoms with van der Waals surface area (Å²) in [6.45, 7) is 5.21. The highest BCUT2D eigenvalue weighted by Gasteiger charge is 2.20. The fraction of sp³-hybridized carbons (Fsp3) is 0.750. The zero-order valence-corrected chi connectivity index (χ0v) is 41.0. The molecule has 0 saturated carbocycles. The van der Waals surface area contributed by atoms with E-state index < -0.39 is 13.9 Å². The van der Waals surface area contributed by atoms with Crippen LogP contribution in [0, 0.1) is 0 Å². The second-order valence-electron chi connectivity index (χ2n) is 17.4. The van der Waals surface area contributed by atoms with Crippen molar-refractivity contribution in [3.05, 3.63) is 72.9 Å². The highest BCUT2D eigenvalue weighted by atomic mass is 31.2. The Kier molecular flexibility index (Phi) is 43.0. The first-order chi connectivity index (χ1) is 29.6. The predicted octanol–water partition coefficient (Wildman–Crippen LogP) is 14.4. The number of carbonyl (C=O) groups excluding carboxylic acids is 1. The highest BCUT2D eigenvalue weighted by Crippen LogP contribution is 2.38. The van der Waals surface area contributed by atoms with Gasteiger partial charge in [0, 0.05) is 13.0 Å². The molecule has 2 unspecified atom stereocenters. The molecule has 0 aliphatic rings. The average Bonchev–Trinajstić information content (AvgIpc) is 3.22. The first-order valence-electron chi connectivity index (χ1n) is 24.7. The Morgan fingerprint density at radius 1 is 0.525 bits per heavy atom. The van der Waals surface area contributed by atoms with Crippen LogP contribution in [0.3, 0.4) is 0 Å². The van der Waals surface area contributed by atoms with E-state index in [0.717, 1.165) is 89.9 Å². The van der Waals surface area contributed by atoms with E-state index in [1.807, 2.05) is 21.1 Å². The summed E-state index contributed by atoms with van der Waals surface area (Å²) in [7, 11) is 1.34. The van der Waals surface area contributed by atoms with Crippen molar-refractivity contribution in [3.63, 3.8) is 0 Å². The van der Waals surface area contributed by atoms with Crippen molar-refractivity contribution in [1.82, 2.24) is 0 Å². The topological polar surface area (TPSA) is 94.1 Å². The van der Waals surface area contributed by atoms with Crippen LogP contribution in [-0.4, -0.2) is 70.7 Å². The number of phosphoric ester groups is 1. The summed E-state index contributed by atoms with van der Waals surface area (Å²) in [6, 6.07) is 0. The van der Waals surface area contributed by atoms with Gasteiger partial charge in [-0.25, -0.2) is 0 Å². The molecule has 8 nitrogen and oxygen atoms in total. The highest BCUT2D eigenvalue weighted by molar-refractivity contribution is 7.45. The van der Waals surface area contributed by atoms with Gasteiger partial charge in [0.1, 0.15) is 19.3 Å². The fourth-order valence-electron chi connectivity index (χ4n) is 6.46. The molecule has 2 atom stereocenters. The van der Waals surface area contributed by atoms with Crippen LogP contribution in [0.1, 0.15) is 194 Å². The Morgan fingerprint density at radius 2 is 0.951 bits per heavy atom. The van der Waals surface area contributed by atoms with Gasteiger partial charge >= 0.3 is 5.97 Å². The zero-order chi connectivity index (χ0) is 44.8. The third-order valence-electron chi connectivity index (χ3n) is 10.2. The lowest BCUT2D eigenvalue weighted by atomic mass is 10.0. The van der Waals surface area contributed by atoms with Gasteiger partial charge in [-0.2, -0.15) is 0 Å². The Morgan fingerprint density at radius 3 is 1.43 bits per heavy atom. The normalized spacial score (nSPS) is 14.3. The lowest BCUT2D eigenvalue weighted by molar-refractivity contribution is -0.870. The molecule has 0 bridgehead atoms. The van der Waals surface area contributed by atoms with Gasteiger partial charge < -0.3 is 27.9 Å². The van der Waals surface area contributed by atoms with Crippen molar-refractivity contribution in [3.8, 4) is 0 Å². The maximum Gasteiger partial charge on any atom is 0.306 e. The number of esters is 1. The number of hydrogen-bond donors (Lipinski definition) is 0. The average molecular weight is 876 g/mol. The molecule has 0 aromatic heterocycles. The van der Waals surface area contributed by atoms with Gasteiger partial charge in [-0.3, -0.25) is 9.36 Å². The summed E-state index contributed by atoms with van der Waals surface area (Å²) in [6.07, 6.45) is 57.9. The molecule has 61 heavy (non-hydrogen) atoms. The van der Waals surface area contributed by atoms with Crippen LogP contribution in [0.2, 0.25) is 0 Å². The monoisotopic (exact) mass is 876 g/mol. The SMILES string of the molecule is CC/C=C\C/C=C\C/C=C\C/C=C\CCCCCCCCCCCCCCCOCC(COP(=O)([O-])OCC[N+](C)(C)C)OC(=O)CCCCCCC/C=C\C/C=C\CCC. The number of unbranched alkanes of at least 4 members (excludes halogenated alkanes) is 19. The minimum absolute atomic E-state index is 0.0204. The Hall–Kier alpha value is -2.06. The quantitative estimate of drug-likeness (QED) is 0.0198. The van der Waals surface area contributed by atoms with Gasteiger partial charge in [0.15, 0.2) is 0 Å². The molecule has 0 fully saturated rings. The standard InChI is InChI=1S/C52H94NO7P/c1-6-8-10-12-14-16-18-20-21-22-23-24-25-26-27-28-29-30-31-32-34-36-38-40-42-44-47-57-49-51(50-59-61(55,56)58-48-46-53(3,4)5)60-52(54)45-43-41-39-37-35-33-19-17-15-13-11-9-7-2/h8,10-11,13-14,16-17,19-21,23-24,51H,6-7,9,12,15,18,22,25-50H2,1-5H3/b10-8-,13-11-,16-14-,19-17-,21-20-,24-23-. The molecule has 0 amide bonds. The predicted molar refractivity (Wildman–Crippen MR) is 259 cm³/mol. The second kappa shape index (κ2) is 44.5. The molecule has 9 heteroatoms. The summed E-state index contributed by atoms with van der Waals surface area (Å²) in [5, 5.41) is 0. The molecule has 0 heterocycles. The van der Waals surface area contributed by atoms with E-state index in [2.05, 4.69) is 86.8 Å². The molecule has 0 aliphatic heterocycles. The summed E-state index contributed by atoms with van der Waals surface area (Å²) < 4.78 is 34.7. The number of nitrogens with zero attached hydrogens (tertiary/aromatic N) is 1. The van der Waals surface area contributed by atoms with Gasteiger partial charge in [-0.05, 0) is 77.0 Å². The van der Waals surface area contributed by atoms with E-state index in [-0.39, 0.29) is 25.8 Å². The van der Waals surface area contributed by atoms with Gasteiger partial charge in [-0.1, -0.05) is 183 Å². The van der Waals surface area contributed by atoms with Crippen molar-refractivity contribution >= 4 is 13.8 Å². The molecule has 0 radical (unpaired) electrons. The van der Waals surface area contributed by atoms with E-state index in [9.17, 15) is 14.3 Å². The molecular weight excluding hydrogens is 782 g/mol. The van der Waals surface area contributed by atoms with Gasteiger partial charge in [0.05, 0.1) is 34.4 Å². The first kappa shape index (κ1) is 58.9. The van der Waals surface area contributed by atoms with Crippen molar-refractivity contribution < 1.29 is 37.3 Å². The maximum atomic E-state index is 12.7. The molecule has 0 saturated heterocycles. The number of phosphoric acid groups is 1. The van der Waals surface area contributed by atoms with Crippen LogP contribution < -0.4 is 4.89 Å². The molecule has 0 aliphatic carbocycles. The van der Waals surface area contributed by atoms with Crippen LogP contribution >= 0.6 is 7.82 Å². The van der Waals surface area contributed by atoms with E-state index >= 15 is 0 Å². The largest absolute Gasteiger partial charge is 0.756 e. The number of rotatable bonds is 45. The van der Waals surface area contributed by atoms with Crippen LogP contribution in [0.4, 0.5) is 0 Å². The molecule has 0 spiro atoms. The van der Waals surface area contributed by atoms with Crippen LogP contribution in [0.25, 0.3) is 0 Å². The van der Waals surface area contributed by atoms with Gasteiger partial charge in [0.25, 0.3) is 7.82 Å². The molecule has 0 aromatic carbocycles. The summed E-state index contributed by atoms with van der Waals surface area (Å²) >= 11 is 0. The van der Waals surface area contributed by atoms with Crippen molar-refractivity contribution in [1.29, 1.82) is 0 Å². The van der Waals surface area contributed by atoms with Crippen molar-refractivity contribution in [2.24, 2.45) is 0 Å². The van der Waals surface area contributed by atoms with E-state index in [1.54, 1.807) is 0 Å². The van der Waals surface area contributed by atoms with E-state index in [4.69, 9.17) is 18.5 Å². The Labute approximate surface area is 376 Å². The van der Waals surface area contributed by atoms with Crippen molar-refractivity contribution in [2.45, 2.75) is 200 Å². The third-order valence-corrected chi connectivity index (χ3v) is 11.2. The van der Waals surface area contributed by atoms with Gasteiger partial charge in [-0.15, -0.1) is 0 Å². The summed E-state index contributed by atoms with van der Waals surface area (Å²) in [5.74, 6) is -0.351. The second-order valence-corrected chi connectivity index (χ2v) is 18.8. The Bertz CT molecular complexity index is 1200. The third kappa shape index (κ3) is 48.8. The number of ether oxygens (including phenoxy) is 2. The van der Waals surface area contributed by atoms with E-state index in [0.29, 0.717) is 24.1 Å². The lowest BCUT2D eigenvalue weighted by Gasteiger charge is -2.28. The molecule has 0 rings (SSSR count).